The van der Waals surface area contributed by atoms with Gasteiger partial charge in [-0.1, -0.05) is 15.9 Å². The van der Waals surface area contributed by atoms with Crippen molar-refractivity contribution in [1.29, 1.82) is 0 Å². The van der Waals surface area contributed by atoms with Crippen LogP contribution in [-0.2, 0) is 0 Å². The Balaban J connectivity index is 2.02. The van der Waals surface area contributed by atoms with Gasteiger partial charge in [0.1, 0.15) is 5.75 Å². The zero-order chi connectivity index (χ0) is 12.5. The molecule has 5 heteroatoms. The highest BCUT2D eigenvalue weighted by Crippen LogP contribution is 2.46. The average molecular weight is 410 g/mol. The van der Waals surface area contributed by atoms with Gasteiger partial charge in [-0.25, -0.2) is 0 Å². The molecule has 2 N–H and O–H groups in total. The van der Waals surface area contributed by atoms with Gasteiger partial charge in [0.2, 0.25) is 0 Å². The van der Waals surface area contributed by atoms with E-state index in [9.17, 15) is 9.90 Å². The Morgan fingerprint density at radius 1 is 1.53 bits per heavy atom. The molecule has 0 radical (unpaired) electrons. The predicted molar refractivity (Wildman–Crippen MR) is 78.6 cm³/mol. The molecule has 0 heterocycles. The van der Waals surface area contributed by atoms with Crippen LogP contribution in [0, 0.1) is 8.99 Å². The first-order chi connectivity index (χ1) is 8.06. The van der Waals surface area contributed by atoms with Crippen molar-refractivity contribution < 1.29 is 9.90 Å². The molecule has 2 rings (SSSR count). The maximum Gasteiger partial charge on any atom is 0.255 e. The smallest absolute Gasteiger partial charge is 0.255 e. The van der Waals surface area contributed by atoms with Gasteiger partial charge >= 0.3 is 0 Å². The van der Waals surface area contributed by atoms with Gasteiger partial charge in [0.15, 0.2) is 0 Å². The van der Waals surface area contributed by atoms with Gasteiger partial charge in [-0.2, -0.15) is 0 Å². The summed E-state index contributed by atoms with van der Waals surface area (Å²) in [6.45, 7) is 0.669. The lowest BCUT2D eigenvalue weighted by molar-refractivity contribution is 0.0944. The summed E-state index contributed by atoms with van der Waals surface area (Å²) < 4.78 is 0.937. The minimum Gasteiger partial charge on any atom is -0.507 e. The molecule has 0 atom stereocenters. The summed E-state index contributed by atoms with van der Waals surface area (Å²) in [4.78, 5) is 11.9. The van der Waals surface area contributed by atoms with Gasteiger partial charge in [-0.05, 0) is 59.0 Å². The highest BCUT2D eigenvalue weighted by atomic mass is 127. The van der Waals surface area contributed by atoms with Gasteiger partial charge in [-0.3, -0.25) is 4.79 Å². The third-order valence-corrected chi connectivity index (χ3v) is 4.93. The van der Waals surface area contributed by atoms with Crippen molar-refractivity contribution in [3.63, 3.8) is 0 Å². The first-order valence-corrected chi connectivity index (χ1v) is 7.59. The summed E-state index contributed by atoms with van der Waals surface area (Å²) in [7, 11) is 0. The van der Waals surface area contributed by atoms with Crippen molar-refractivity contribution in [2.45, 2.75) is 12.8 Å². The molecule has 1 aromatic carbocycles. The van der Waals surface area contributed by atoms with E-state index in [1.165, 1.54) is 0 Å². The van der Waals surface area contributed by atoms with Crippen LogP contribution in [0.4, 0.5) is 0 Å². The monoisotopic (exact) mass is 409 g/mol. The first kappa shape index (κ1) is 13.1. The fourth-order valence-corrected chi connectivity index (χ4v) is 2.84. The van der Waals surface area contributed by atoms with Crippen LogP contribution in [0.25, 0.3) is 0 Å². The highest BCUT2D eigenvalue weighted by molar-refractivity contribution is 14.1. The summed E-state index contributed by atoms with van der Waals surface area (Å²) >= 11 is 5.59. The summed E-state index contributed by atoms with van der Waals surface area (Å²) in [6, 6.07) is 5.01. The molecule has 1 amide bonds. The number of rotatable bonds is 4. The zero-order valence-electron chi connectivity index (χ0n) is 9.17. The van der Waals surface area contributed by atoms with Crippen molar-refractivity contribution in [3.05, 3.63) is 27.3 Å². The normalized spacial score (nSPS) is 16.6. The number of carbonyl (C=O) groups is 1. The van der Waals surface area contributed by atoms with Crippen molar-refractivity contribution in [2.75, 3.05) is 11.9 Å². The molecular formula is C12H13BrINO2. The molecule has 1 aliphatic carbocycles. The van der Waals surface area contributed by atoms with Crippen molar-refractivity contribution in [3.8, 4) is 5.75 Å². The summed E-state index contributed by atoms with van der Waals surface area (Å²) in [6.07, 6.45) is 2.30. The van der Waals surface area contributed by atoms with E-state index in [1.54, 1.807) is 18.2 Å². The van der Waals surface area contributed by atoms with E-state index >= 15 is 0 Å². The van der Waals surface area contributed by atoms with E-state index in [4.69, 9.17) is 0 Å². The van der Waals surface area contributed by atoms with Crippen LogP contribution < -0.4 is 5.32 Å². The molecule has 3 nitrogen and oxygen atoms in total. The van der Waals surface area contributed by atoms with Gasteiger partial charge in [0.25, 0.3) is 5.91 Å². The SMILES string of the molecule is O=C(NCC1(CBr)CC1)c1cc(I)ccc1O. The lowest BCUT2D eigenvalue weighted by Gasteiger charge is -2.13. The van der Waals surface area contributed by atoms with E-state index in [-0.39, 0.29) is 17.1 Å². The number of nitrogens with one attached hydrogen (secondary N) is 1. The van der Waals surface area contributed by atoms with Crippen LogP contribution in [0.2, 0.25) is 0 Å². The van der Waals surface area contributed by atoms with Crippen molar-refractivity contribution in [2.24, 2.45) is 5.41 Å². The van der Waals surface area contributed by atoms with Crippen molar-refractivity contribution in [1.82, 2.24) is 5.32 Å². The molecule has 0 unspecified atom stereocenters. The highest BCUT2D eigenvalue weighted by Gasteiger charge is 2.41. The number of hydrogen-bond donors (Lipinski definition) is 2. The van der Waals surface area contributed by atoms with Crippen molar-refractivity contribution >= 4 is 44.4 Å². The Hall–Kier alpha value is -0.300. The Labute approximate surface area is 122 Å². The van der Waals surface area contributed by atoms with Gasteiger partial charge in [0.05, 0.1) is 5.56 Å². The first-order valence-electron chi connectivity index (χ1n) is 5.39. The van der Waals surface area contributed by atoms with E-state index < -0.39 is 0 Å². The molecule has 1 aromatic rings. The molecular weight excluding hydrogens is 397 g/mol. The lowest BCUT2D eigenvalue weighted by atomic mass is 10.1. The minimum absolute atomic E-state index is 0.0339. The number of phenolic OH excluding ortho intramolecular Hbond substituents is 1. The quantitative estimate of drug-likeness (QED) is 0.593. The van der Waals surface area contributed by atoms with Crippen LogP contribution in [0.1, 0.15) is 23.2 Å². The predicted octanol–water partition coefficient (Wildman–Crippen LogP) is 2.90. The molecule has 1 aliphatic rings. The Morgan fingerprint density at radius 3 is 2.82 bits per heavy atom. The zero-order valence-corrected chi connectivity index (χ0v) is 12.9. The molecule has 0 bridgehead atoms. The number of phenols is 1. The van der Waals surface area contributed by atoms with Crippen LogP contribution in [0.5, 0.6) is 5.75 Å². The summed E-state index contributed by atoms with van der Waals surface area (Å²) in [5.41, 5.74) is 0.593. The fourth-order valence-electron chi connectivity index (χ4n) is 1.59. The molecule has 1 fully saturated rings. The standard InChI is InChI=1S/C12H13BrINO2/c13-6-12(3-4-12)7-15-11(17)9-5-8(14)1-2-10(9)16/h1-2,5,16H,3-4,6-7H2,(H,15,17). The largest absolute Gasteiger partial charge is 0.507 e. The van der Waals surface area contributed by atoms with E-state index in [0.717, 1.165) is 21.7 Å². The van der Waals surface area contributed by atoms with E-state index in [1.807, 2.05) is 0 Å². The minimum atomic E-state index is -0.201. The van der Waals surface area contributed by atoms with Gasteiger partial charge in [0, 0.05) is 15.4 Å². The van der Waals surface area contributed by atoms with Crippen LogP contribution in [-0.4, -0.2) is 22.9 Å². The van der Waals surface area contributed by atoms with Crippen LogP contribution >= 0.6 is 38.5 Å². The third-order valence-electron chi connectivity index (χ3n) is 3.07. The molecule has 0 aliphatic heterocycles. The number of aromatic hydroxyl groups is 1. The maximum atomic E-state index is 11.9. The number of carbonyl (C=O) groups excluding carboxylic acids is 1. The maximum absolute atomic E-state index is 11.9. The Kier molecular flexibility index (Phi) is 3.97. The Bertz CT molecular complexity index is 446. The third kappa shape index (κ3) is 3.13. The van der Waals surface area contributed by atoms with Gasteiger partial charge in [-0.15, -0.1) is 0 Å². The molecule has 92 valence electrons. The summed E-state index contributed by atoms with van der Waals surface area (Å²) in [5, 5.41) is 13.4. The topological polar surface area (TPSA) is 49.3 Å². The number of halogens is 2. The second kappa shape index (κ2) is 5.14. The Morgan fingerprint density at radius 2 is 2.24 bits per heavy atom. The second-order valence-electron chi connectivity index (χ2n) is 4.48. The fraction of sp³-hybridized carbons (Fsp3) is 0.417. The molecule has 0 spiro atoms. The van der Waals surface area contributed by atoms with E-state index in [0.29, 0.717) is 12.1 Å². The number of amides is 1. The van der Waals surface area contributed by atoms with E-state index in [2.05, 4.69) is 43.8 Å². The van der Waals surface area contributed by atoms with Crippen LogP contribution in [0.15, 0.2) is 18.2 Å². The molecule has 1 saturated carbocycles. The van der Waals surface area contributed by atoms with Crippen LogP contribution in [0.3, 0.4) is 0 Å². The molecule has 17 heavy (non-hydrogen) atoms. The number of hydrogen-bond acceptors (Lipinski definition) is 2. The second-order valence-corrected chi connectivity index (χ2v) is 6.28. The molecule has 0 saturated heterocycles. The van der Waals surface area contributed by atoms with Gasteiger partial charge < -0.3 is 10.4 Å². The molecule has 0 aromatic heterocycles. The lowest BCUT2D eigenvalue weighted by Crippen LogP contribution is -2.31. The summed E-state index contributed by atoms with van der Waals surface area (Å²) in [5.74, 6) is -0.167. The average Bonchev–Trinajstić information content (AvgIpc) is 3.10. The number of alkyl halides is 1. The number of benzene rings is 1.